The molecule has 2 aromatic rings. The summed E-state index contributed by atoms with van der Waals surface area (Å²) in [6.45, 7) is 2.61. The number of pyridine rings is 1. The number of amidine groups is 1. The van der Waals surface area contributed by atoms with E-state index in [2.05, 4.69) is 22.2 Å². The van der Waals surface area contributed by atoms with Crippen LogP contribution in [-0.2, 0) is 17.6 Å². The van der Waals surface area contributed by atoms with Crippen LogP contribution >= 0.6 is 0 Å². The van der Waals surface area contributed by atoms with Crippen molar-refractivity contribution in [2.24, 2.45) is 10.7 Å². The van der Waals surface area contributed by atoms with Crippen LogP contribution in [-0.4, -0.2) is 29.6 Å². The molecule has 0 radical (unpaired) electrons. The van der Waals surface area contributed by atoms with E-state index in [1.165, 1.54) is 5.56 Å². The van der Waals surface area contributed by atoms with Gasteiger partial charge in [-0.1, -0.05) is 25.1 Å². The molecule has 0 fully saturated rings. The number of nitrogens with two attached hydrogens (primary N) is 1. The molecule has 0 saturated heterocycles. The third-order valence-electron chi connectivity index (χ3n) is 4.18. The van der Waals surface area contributed by atoms with Gasteiger partial charge in [-0.15, -0.1) is 0 Å². The second-order valence-electron chi connectivity index (χ2n) is 6.03. The number of aromatic nitrogens is 1. The van der Waals surface area contributed by atoms with Crippen LogP contribution in [0.1, 0.15) is 35.0 Å². The lowest BCUT2D eigenvalue weighted by molar-refractivity contribution is 0.102. The zero-order valence-corrected chi connectivity index (χ0v) is 14.2. The summed E-state index contributed by atoms with van der Waals surface area (Å²) in [6, 6.07) is 11.9. The third-order valence-corrected chi connectivity index (χ3v) is 4.18. The van der Waals surface area contributed by atoms with Crippen LogP contribution < -0.4 is 11.1 Å². The van der Waals surface area contributed by atoms with E-state index >= 15 is 0 Å². The molecule has 6 heteroatoms. The molecule has 3 N–H and O–H groups in total. The summed E-state index contributed by atoms with van der Waals surface area (Å²) >= 11 is 0. The number of amides is 1. The van der Waals surface area contributed by atoms with E-state index in [0.29, 0.717) is 12.3 Å². The zero-order valence-electron chi connectivity index (χ0n) is 14.2. The number of hydrogen-bond acceptors (Lipinski definition) is 5. The molecule has 6 nitrogen and oxygen atoms in total. The van der Waals surface area contributed by atoms with Crippen LogP contribution in [0.25, 0.3) is 0 Å². The Morgan fingerprint density at radius 1 is 1.24 bits per heavy atom. The fourth-order valence-corrected chi connectivity index (χ4v) is 2.64. The molecule has 2 heterocycles. The Labute approximate surface area is 147 Å². The van der Waals surface area contributed by atoms with Gasteiger partial charge in [-0.05, 0) is 48.6 Å². The first-order chi connectivity index (χ1) is 12.1. The molecule has 1 aliphatic rings. The van der Waals surface area contributed by atoms with Crippen molar-refractivity contribution in [2.75, 3.05) is 11.9 Å². The van der Waals surface area contributed by atoms with E-state index in [-0.39, 0.29) is 18.0 Å². The van der Waals surface area contributed by atoms with E-state index in [1.807, 2.05) is 30.3 Å². The fourth-order valence-electron chi connectivity index (χ4n) is 2.64. The van der Waals surface area contributed by atoms with Crippen molar-refractivity contribution in [3.63, 3.8) is 0 Å². The van der Waals surface area contributed by atoms with Crippen LogP contribution in [0.5, 0.6) is 0 Å². The van der Waals surface area contributed by atoms with E-state index in [9.17, 15) is 4.79 Å². The van der Waals surface area contributed by atoms with Gasteiger partial charge in [-0.3, -0.25) is 9.78 Å². The molecular formula is C19H22N4O2. The highest BCUT2D eigenvalue weighted by Crippen LogP contribution is 2.15. The third kappa shape index (κ3) is 4.56. The first kappa shape index (κ1) is 17.0. The Hall–Kier alpha value is -2.89. The fraction of sp³-hybridized carbons (Fsp3) is 0.316. The maximum atomic E-state index is 12.2. The Kier molecular flexibility index (Phi) is 5.28. The Morgan fingerprint density at radius 2 is 2.00 bits per heavy atom. The van der Waals surface area contributed by atoms with Crippen LogP contribution in [0, 0.1) is 0 Å². The number of carbonyl (C=O) groups is 1. The molecule has 1 aliphatic heterocycles. The Morgan fingerprint density at radius 3 is 2.60 bits per heavy atom. The second kappa shape index (κ2) is 7.79. The number of nitrogens with one attached hydrogen (secondary N) is 1. The van der Waals surface area contributed by atoms with Crippen LogP contribution in [0.2, 0.25) is 0 Å². The lowest BCUT2D eigenvalue weighted by Crippen LogP contribution is -2.13. The molecular weight excluding hydrogens is 316 g/mol. The number of nitrogens with zero attached hydrogens (tertiary/aromatic N) is 2. The standard InChI is InChI=1S/C19H22N4O2/c1-2-13-6-10-17(21-11-13)18(24)22-15-7-3-14(4-8-15)5-9-16-12-25-19(20)23-16/h3-4,6-8,10-11,16H,2,5,9,12H2,1H3,(H2,20,23)(H,22,24)/t16-/m0/s1. The number of hydrogen-bond donors (Lipinski definition) is 2. The molecule has 25 heavy (non-hydrogen) atoms. The van der Waals surface area contributed by atoms with Crippen molar-refractivity contribution in [1.82, 2.24) is 4.98 Å². The number of carbonyl (C=O) groups excluding carboxylic acids is 1. The molecule has 0 aliphatic carbocycles. The lowest BCUT2D eigenvalue weighted by Gasteiger charge is -2.08. The minimum Gasteiger partial charge on any atom is -0.463 e. The zero-order chi connectivity index (χ0) is 17.6. The Bertz CT molecular complexity index is 754. The minimum atomic E-state index is -0.205. The monoisotopic (exact) mass is 338 g/mol. The highest BCUT2D eigenvalue weighted by Gasteiger charge is 2.16. The van der Waals surface area contributed by atoms with Crippen molar-refractivity contribution in [3.8, 4) is 0 Å². The molecule has 130 valence electrons. The molecule has 3 rings (SSSR count). The van der Waals surface area contributed by atoms with Crippen LogP contribution in [0.15, 0.2) is 47.6 Å². The van der Waals surface area contributed by atoms with E-state index in [1.54, 1.807) is 12.3 Å². The first-order valence-electron chi connectivity index (χ1n) is 8.45. The second-order valence-corrected chi connectivity index (χ2v) is 6.03. The molecule has 1 aromatic heterocycles. The summed E-state index contributed by atoms with van der Waals surface area (Å²) in [5.41, 5.74) is 8.97. The molecule has 1 aromatic carbocycles. The van der Waals surface area contributed by atoms with E-state index in [4.69, 9.17) is 10.5 Å². The summed E-state index contributed by atoms with van der Waals surface area (Å²) < 4.78 is 5.15. The largest absolute Gasteiger partial charge is 0.463 e. The SMILES string of the molecule is CCc1ccc(C(=O)Nc2ccc(CC[C@H]3COC(N)=N3)cc2)nc1. The van der Waals surface area contributed by atoms with Crippen molar-refractivity contribution in [2.45, 2.75) is 32.2 Å². The summed E-state index contributed by atoms with van der Waals surface area (Å²) in [7, 11) is 0. The number of benzene rings is 1. The van der Waals surface area contributed by atoms with Gasteiger partial charge in [0.2, 0.25) is 0 Å². The van der Waals surface area contributed by atoms with E-state index in [0.717, 1.165) is 30.5 Å². The quantitative estimate of drug-likeness (QED) is 0.847. The highest BCUT2D eigenvalue weighted by atomic mass is 16.5. The van der Waals surface area contributed by atoms with Gasteiger partial charge in [0.1, 0.15) is 12.3 Å². The average Bonchev–Trinajstić information content (AvgIpc) is 3.06. The molecule has 0 spiro atoms. The summed E-state index contributed by atoms with van der Waals surface area (Å²) in [6.07, 6.45) is 4.42. The summed E-state index contributed by atoms with van der Waals surface area (Å²) in [5.74, 6) is -0.205. The van der Waals surface area contributed by atoms with Crippen LogP contribution in [0.4, 0.5) is 5.69 Å². The van der Waals surface area contributed by atoms with Crippen LogP contribution in [0.3, 0.4) is 0 Å². The number of rotatable bonds is 6. The summed E-state index contributed by atoms with van der Waals surface area (Å²) in [5, 5.41) is 2.87. The molecule has 1 amide bonds. The predicted molar refractivity (Wildman–Crippen MR) is 97.7 cm³/mol. The van der Waals surface area contributed by atoms with Crippen molar-refractivity contribution >= 4 is 17.6 Å². The maximum Gasteiger partial charge on any atom is 0.282 e. The normalized spacial score (nSPS) is 16.2. The average molecular weight is 338 g/mol. The number of aliphatic imine (C=N–C) groups is 1. The number of ether oxygens (including phenoxy) is 1. The van der Waals surface area contributed by atoms with Gasteiger partial charge in [-0.25, -0.2) is 4.99 Å². The highest BCUT2D eigenvalue weighted by molar-refractivity contribution is 6.02. The maximum absolute atomic E-state index is 12.2. The van der Waals surface area contributed by atoms with Gasteiger partial charge in [0.25, 0.3) is 11.9 Å². The number of aryl methyl sites for hydroxylation is 2. The van der Waals surface area contributed by atoms with Gasteiger partial charge in [-0.2, -0.15) is 0 Å². The van der Waals surface area contributed by atoms with Crippen molar-refractivity contribution in [1.29, 1.82) is 0 Å². The molecule has 0 bridgehead atoms. The Balaban J connectivity index is 1.53. The van der Waals surface area contributed by atoms with Gasteiger partial charge in [0, 0.05) is 11.9 Å². The number of anilines is 1. The molecule has 1 atom stereocenters. The summed E-state index contributed by atoms with van der Waals surface area (Å²) in [4.78, 5) is 20.6. The lowest BCUT2D eigenvalue weighted by atomic mass is 10.1. The van der Waals surface area contributed by atoms with Crippen molar-refractivity contribution < 1.29 is 9.53 Å². The van der Waals surface area contributed by atoms with Gasteiger partial charge in [0.05, 0.1) is 6.04 Å². The van der Waals surface area contributed by atoms with E-state index < -0.39 is 0 Å². The topological polar surface area (TPSA) is 89.6 Å². The molecule has 0 saturated carbocycles. The smallest absolute Gasteiger partial charge is 0.282 e. The van der Waals surface area contributed by atoms with Gasteiger partial charge in [0.15, 0.2) is 0 Å². The van der Waals surface area contributed by atoms with Crippen molar-refractivity contribution in [3.05, 3.63) is 59.4 Å². The van der Waals surface area contributed by atoms with Gasteiger partial charge >= 0.3 is 0 Å². The first-order valence-corrected chi connectivity index (χ1v) is 8.45. The van der Waals surface area contributed by atoms with Gasteiger partial charge < -0.3 is 15.8 Å². The molecule has 0 unspecified atom stereocenters. The predicted octanol–water partition coefficient (Wildman–Crippen LogP) is 2.54. The minimum absolute atomic E-state index is 0.136.